The minimum atomic E-state index is -1.01. The second-order valence-electron chi connectivity index (χ2n) is 4.15. The van der Waals surface area contributed by atoms with Gasteiger partial charge in [0.05, 0.1) is 24.8 Å². The maximum Gasteiger partial charge on any atom is 0.164 e. The van der Waals surface area contributed by atoms with Crippen LogP contribution in [0.1, 0.15) is 25.0 Å². The maximum atomic E-state index is 10.1. The highest BCUT2D eigenvalue weighted by Gasteiger charge is 2.26. The van der Waals surface area contributed by atoms with Crippen molar-refractivity contribution in [3.8, 4) is 11.5 Å². The van der Waals surface area contributed by atoms with Crippen molar-refractivity contribution < 1.29 is 14.6 Å². The van der Waals surface area contributed by atoms with Crippen LogP contribution in [0.3, 0.4) is 0 Å². The molecule has 0 saturated carbocycles. The predicted molar refractivity (Wildman–Crippen MR) is 64.5 cm³/mol. The van der Waals surface area contributed by atoms with Gasteiger partial charge in [0.1, 0.15) is 0 Å². The summed E-state index contributed by atoms with van der Waals surface area (Å²) in [5.41, 5.74) is 0.437. The van der Waals surface area contributed by atoms with Crippen molar-refractivity contribution in [2.24, 2.45) is 0 Å². The Labute approximate surface area is 101 Å². The van der Waals surface area contributed by atoms with Gasteiger partial charge in [-0.3, -0.25) is 0 Å². The zero-order chi connectivity index (χ0) is 12.5. The molecule has 3 nitrogen and oxygen atoms in total. The third-order valence-corrected chi connectivity index (χ3v) is 2.77. The number of aliphatic hydroxyl groups is 1. The van der Waals surface area contributed by atoms with E-state index in [0.29, 0.717) is 22.1 Å². The Hall–Kier alpha value is -0.930. The van der Waals surface area contributed by atoms with Crippen LogP contribution in [0.5, 0.6) is 11.5 Å². The molecule has 1 aromatic rings. The summed E-state index contributed by atoms with van der Waals surface area (Å²) in [4.78, 5) is 0. The molecule has 0 amide bonds. The van der Waals surface area contributed by atoms with Crippen molar-refractivity contribution in [3.05, 3.63) is 22.2 Å². The number of benzene rings is 1. The van der Waals surface area contributed by atoms with Crippen LogP contribution in [-0.2, 0) is 5.60 Å². The molecular weight excluding hydrogens is 228 g/mol. The highest BCUT2D eigenvalue weighted by molar-refractivity contribution is 6.31. The molecule has 0 aliphatic heterocycles. The zero-order valence-corrected chi connectivity index (χ0v) is 11.0. The maximum absolute atomic E-state index is 10.1. The first-order chi connectivity index (χ1) is 7.32. The molecule has 90 valence electrons. The highest BCUT2D eigenvalue weighted by Crippen LogP contribution is 2.41. The summed E-state index contributed by atoms with van der Waals surface area (Å²) < 4.78 is 10.4. The molecule has 16 heavy (non-hydrogen) atoms. The summed E-state index contributed by atoms with van der Waals surface area (Å²) in [5.74, 6) is 1.17. The lowest BCUT2D eigenvalue weighted by atomic mass is 9.93. The number of methoxy groups -OCH3 is 2. The molecular formula is C12H17ClO3. The first-order valence-corrected chi connectivity index (χ1v) is 5.34. The second-order valence-corrected chi connectivity index (χ2v) is 4.56. The molecule has 0 aliphatic rings. The fourth-order valence-electron chi connectivity index (χ4n) is 1.89. The van der Waals surface area contributed by atoms with Gasteiger partial charge in [0.15, 0.2) is 11.5 Å². The second kappa shape index (κ2) is 4.52. The molecule has 0 radical (unpaired) electrons. The van der Waals surface area contributed by atoms with Gasteiger partial charge < -0.3 is 14.6 Å². The van der Waals surface area contributed by atoms with Gasteiger partial charge in [-0.05, 0) is 20.8 Å². The number of ether oxygens (including phenoxy) is 2. The van der Waals surface area contributed by atoms with E-state index < -0.39 is 5.60 Å². The normalized spacial score (nSPS) is 11.4. The van der Waals surface area contributed by atoms with Gasteiger partial charge in [0.25, 0.3) is 0 Å². The minimum Gasteiger partial charge on any atom is -0.493 e. The van der Waals surface area contributed by atoms with E-state index in [1.54, 1.807) is 34.1 Å². The summed E-state index contributed by atoms with van der Waals surface area (Å²) in [6.45, 7) is 5.22. The van der Waals surface area contributed by atoms with Gasteiger partial charge in [0.2, 0.25) is 0 Å². The molecule has 1 rings (SSSR count). The number of rotatable bonds is 3. The van der Waals surface area contributed by atoms with Crippen LogP contribution in [-0.4, -0.2) is 19.3 Å². The van der Waals surface area contributed by atoms with Gasteiger partial charge in [-0.25, -0.2) is 0 Å². The zero-order valence-electron chi connectivity index (χ0n) is 10.2. The van der Waals surface area contributed by atoms with E-state index in [4.69, 9.17) is 21.1 Å². The Bertz CT molecular complexity index is 394. The van der Waals surface area contributed by atoms with E-state index in [1.165, 1.54) is 0 Å². The molecule has 1 N–H and O–H groups in total. The van der Waals surface area contributed by atoms with E-state index >= 15 is 0 Å². The van der Waals surface area contributed by atoms with Crippen LogP contribution >= 0.6 is 11.6 Å². The predicted octanol–water partition coefficient (Wildman–Crippen LogP) is 2.89. The molecule has 4 heteroatoms. The molecule has 0 spiro atoms. The van der Waals surface area contributed by atoms with Crippen LogP contribution < -0.4 is 9.47 Å². The van der Waals surface area contributed by atoms with Crippen molar-refractivity contribution in [1.82, 2.24) is 0 Å². The van der Waals surface area contributed by atoms with Gasteiger partial charge in [-0.2, -0.15) is 0 Å². The summed E-state index contributed by atoms with van der Waals surface area (Å²) >= 11 is 6.13. The monoisotopic (exact) mass is 244 g/mol. The van der Waals surface area contributed by atoms with Crippen LogP contribution in [0.2, 0.25) is 5.02 Å². The van der Waals surface area contributed by atoms with E-state index in [0.717, 1.165) is 5.56 Å². The smallest absolute Gasteiger partial charge is 0.164 e. The summed E-state index contributed by atoms with van der Waals surface area (Å²) in [7, 11) is 3.12. The quantitative estimate of drug-likeness (QED) is 0.889. The third-order valence-electron chi connectivity index (χ3n) is 2.47. The molecule has 0 aromatic heterocycles. The number of halogens is 1. The molecule has 0 fully saturated rings. The lowest BCUT2D eigenvalue weighted by Crippen LogP contribution is -2.18. The van der Waals surface area contributed by atoms with Crippen molar-refractivity contribution in [2.45, 2.75) is 26.4 Å². The Morgan fingerprint density at radius 2 is 1.81 bits per heavy atom. The Morgan fingerprint density at radius 3 is 2.19 bits per heavy atom. The fraction of sp³-hybridized carbons (Fsp3) is 0.500. The van der Waals surface area contributed by atoms with Gasteiger partial charge >= 0.3 is 0 Å². The van der Waals surface area contributed by atoms with Crippen LogP contribution in [0, 0.1) is 6.92 Å². The third kappa shape index (κ3) is 2.25. The topological polar surface area (TPSA) is 38.7 Å². The van der Waals surface area contributed by atoms with Gasteiger partial charge in [-0.1, -0.05) is 11.6 Å². The van der Waals surface area contributed by atoms with Crippen molar-refractivity contribution in [1.29, 1.82) is 0 Å². The number of hydrogen-bond donors (Lipinski definition) is 1. The molecule has 0 heterocycles. The highest BCUT2D eigenvalue weighted by atomic mass is 35.5. The lowest BCUT2D eigenvalue weighted by molar-refractivity contribution is 0.0776. The van der Waals surface area contributed by atoms with Crippen molar-refractivity contribution >= 4 is 11.6 Å². The fourth-order valence-corrected chi connectivity index (χ4v) is 2.36. The molecule has 0 aliphatic carbocycles. The Morgan fingerprint density at radius 1 is 1.25 bits per heavy atom. The summed E-state index contributed by atoms with van der Waals surface area (Å²) in [6, 6.07) is 1.65. The van der Waals surface area contributed by atoms with Crippen LogP contribution in [0.25, 0.3) is 0 Å². The van der Waals surface area contributed by atoms with Crippen LogP contribution in [0.4, 0.5) is 0 Å². The average Bonchev–Trinajstić information content (AvgIpc) is 2.14. The van der Waals surface area contributed by atoms with E-state index in [1.807, 2.05) is 6.92 Å². The van der Waals surface area contributed by atoms with Crippen molar-refractivity contribution in [2.75, 3.05) is 14.2 Å². The summed E-state index contributed by atoms with van der Waals surface area (Å²) in [6.07, 6.45) is 0. The van der Waals surface area contributed by atoms with Crippen LogP contribution in [0.15, 0.2) is 6.07 Å². The lowest BCUT2D eigenvalue weighted by Gasteiger charge is -2.24. The summed E-state index contributed by atoms with van der Waals surface area (Å²) in [5, 5.41) is 10.5. The molecule has 0 atom stereocenters. The van der Waals surface area contributed by atoms with E-state index in [2.05, 4.69) is 0 Å². The largest absolute Gasteiger partial charge is 0.493 e. The van der Waals surface area contributed by atoms with E-state index in [-0.39, 0.29) is 0 Å². The molecule has 0 unspecified atom stereocenters. The Balaban J connectivity index is 3.54. The average molecular weight is 245 g/mol. The first-order valence-electron chi connectivity index (χ1n) is 4.96. The minimum absolute atomic E-state index is 0.475. The first kappa shape index (κ1) is 13.1. The molecule has 1 aromatic carbocycles. The molecule has 0 saturated heterocycles. The van der Waals surface area contributed by atoms with Gasteiger partial charge in [-0.15, -0.1) is 0 Å². The van der Waals surface area contributed by atoms with E-state index in [9.17, 15) is 5.11 Å². The standard InChI is InChI=1S/C12H17ClO3/c1-7-10(12(2,3)14)8(13)6-9(15-4)11(7)16-5/h6,14H,1-5H3. The molecule has 0 bridgehead atoms. The SMILES string of the molecule is COc1cc(Cl)c(C(C)(C)O)c(C)c1OC. The Kier molecular flexibility index (Phi) is 3.71. The number of hydrogen-bond acceptors (Lipinski definition) is 3. The van der Waals surface area contributed by atoms with Crippen molar-refractivity contribution in [3.63, 3.8) is 0 Å². The van der Waals surface area contributed by atoms with Gasteiger partial charge in [0, 0.05) is 17.2 Å².